The van der Waals surface area contributed by atoms with Crippen molar-refractivity contribution in [3.05, 3.63) is 71.3 Å². The summed E-state index contributed by atoms with van der Waals surface area (Å²) in [4.78, 5) is 7.92. The van der Waals surface area contributed by atoms with Crippen LogP contribution >= 0.6 is 0 Å². The summed E-state index contributed by atoms with van der Waals surface area (Å²) in [5.41, 5.74) is 9.43. The van der Waals surface area contributed by atoms with Crippen LogP contribution in [0.1, 0.15) is 36.0 Å². The normalized spacial score (nSPS) is 16.1. The zero-order valence-electron chi connectivity index (χ0n) is 14.0. The van der Waals surface area contributed by atoms with Crippen molar-refractivity contribution in [2.45, 2.75) is 32.4 Å². The molecule has 4 nitrogen and oxygen atoms in total. The molecule has 1 aliphatic rings. The van der Waals surface area contributed by atoms with Crippen molar-refractivity contribution >= 4 is 5.84 Å². The molecule has 1 fully saturated rings. The Morgan fingerprint density at radius 2 is 1.67 bits per heavy atom. The quantitative estimate of drug-likeness (QED) is 0.503. The fourth-order valence-electron chi connectivity index (χ4n) is 3.07. The lowest BCUT2D eigenvalue weighted by molar-refractivity contribution is 0.130. The largest absolute Gasteiger partial charge is 0.389 e. The minimum absolute atomic E-state index is 0.426. The van der Waals surface area contributed by atoms with E-state index in [9.17, 15) is 0 Å². The Kier molecular flexibility index (Phi) is 5.85. The maximum Gasteiger partial charge on any atom is 0.170 e. The Hall–Kier alpha value is -2.33. The standard InChI is InChI=1S/C20H25N3O/c21-20(22-24-16-17-9-3-1-4-10-17)19-12-6-5-11-18(19)15-23-13-7-2-8-14-23/h1,3-6,9-12H,2,7-8,13-16H2,(H2,21,22). The predicted molar refractivity (Wildman–Crippen MR) is 97.5 cm³/mol. The van der Waals surface area contributed by atoms with Crippen LogP contribution in [0.25, 0.3) is 0 Å². The van der Waals surface area contributed by atoms with Gasteiger partial charge in [-0.15, -0.1) is 0 Å². The maximum atomic E-state index is 6.17. The van der Waals surface area contributed by atoms with Crippen molar-refractivity contribution in [1.82, 2.24) is 4.90 Å². The smallest absolute Gasteiger partial charge is 0.170 e. The first-order valence-electron chi connectivity index (χ1n) is 8.63. The number of amidine groups is 1. The second kappa shape index (κ2) is 8.50. The molecule has 4 heteroatoms. The van der Waals surface area contributed by atoms with Crippen molar-refractivity contribution in [3.63, 3.8) is 0 Å². The molecule has 0 radical (unpaired) electrons. The van der Waals surface area contributed by atoms with Gasteiger partial charge in [-0.05, 0) is 37.1 Å². The molecule has 1 aliphatic heterocycles. The fraction of sp³-hybridized carbons (Fsp3) is 0.350. The van der Waals surface area contributed by atoms with Gasteiger partial charge in [0.05, 0.1) is 0 Å². The molecule has 0 atom stereocenters. The van der Waals surface area contributed by atoms with Crippen LogP contribution in [0.4, 0.5) is 0 Å². The van der Waals surface area contributed by atoms with E-state index in [2.05, 4.69) is 22.2 Å². The van der Waals surface area contributed by atoms with Crippen LogP contribution in [-0.4, -0.2) is 23.8 Å². The SMILES string of the molecule is NC(=NOCc1ccccc1)c1ccccc1CN1CCCCC1. The molecule has 0 unspecified atom stereocenters. The Bertz CT molecular complexity index is 664. The summed E-state index contributed by atoms with van der Waals surface area (Å²) in [6.07, 6.45) is 3.91. The van der Waals surface area contributed by atoms with Gasteiger partial charge in [0.25, 0.3) is 0 Å². The molecule has 1 heterocycles. The monoisotopic (exact) mass is 323 g/mol. The average Bonchev–Trinajstić information content (AvgIpc) is 2.64. The molecule has 3 rings (SSSR count). The van der Waals surface area contributed by atoms with Crippen LogP contribution in [-0.2, 0) is 18.0 Å². The molecule has 0 saturated carbocycles. The van der Waals surface area contributed by atoms with Gasteiger partial charge in [0.15, 0.2) is 5.84 Å². The number of nitrogens with two attached hydrogens (primary N) is 1. The number of oxime groups is 1. The van der Waals surface area contributed by atoms with Crippen molar-refractivity contribution in [1.29, 1.82) is 0 Å². The second-order valence-corrected chi connectivity index (χ2v) is 6.23. The lowest BCUT2D eigenvalue weighted by Crippen LogP contribution is -2.30. The van der Waals surface area contributed by atoms with Gasteiger partial charge in [-0.3, -0.25) is 4.90 Å². The number of rotatable bonds is 6. The summed E-state index contributed by atoms with van der Waals surface area (Å²) in [7, 11) is 0. The van der Waals surface area contributed by atoms with Crippen LogP contribution < -0.4 is 5.73 Å². The molecule has 0 spiro atoms. The highest BCUT2D eigenvalue weighted by Crippen LogP contribution is 2.16. The third-order valence-corrected chi connectivity index (χ3v) is 4.37. The van der Waals surface area contributed by atoms with Gasteiger partial charge in [-0.1, -0.05) is 66.2 Å². The number of nitrogens with zero attached hydrogens (tertiary/aromatic N) is 2. The summed E-state index contributed by atoms with van der Waals surface area (Å²) in [5, 5.41) is 4.12. The topological polar surface area (TPSA) is 50.9 Å². The third kappa shape index (κ3) is 4.59. The maximum absolute atomic E-state index is 6.17. The van der Waals surface area contributed by atoms with Gasteiger partial charge in [0, 0.05) is 12.1 Å². The van der Waals surface area contributed by atoms with E-state index >= 15 is 0 Å². The highest BCUT2D eigenvalue weighted by atomic mass is 16.6. The van der Waals surface area contributed by atoms with Gasteiger partial charge < -0.3 is 10.6 Å². The zero-order valence-corrected chi connectivity index (χ0v) is 14.0. The van der Waals surface area contributed by atoms with E-state index < -0.39 is 0 Å². The Morgan fingerprint density at radius 3 is 2.46 bits per heavy atom. The number of likely N-dealkylation sites (tertiary alicyclic amines) is 1. The molecule has 2 aromatic carbocycles. The first-order valence-corrected chi connectivity index (χ1v) is 8.63. The molecule has 2 N–H and O–H groups in total. The van der Waals surface area contributed by atoms with E-state index in [4.69, 9.17) is 10.6 Å². The molecule has 1 saturated heterocycles. The molecule has 2 aromatic rings. The fourth-order valence-corrected chi connectivity index (χ4v) is 3.07. The van der Waals surface area contributed by atoms with Crippen molar-refractivity contribution in [3.8, 4) is 0 Å². The second-order valence-electron chi connectivity index (χ2n) is 6.23. The average molecular weight is 323 g/mol. The van der Waals surface area contributed by atoms with Gasteiger partial charge in [0.2, 0.25) is 0 Å². The zero-order chi connectivity index (χ0) is 16.6. The van der Waals surface area contributed by atoms with Crippen molar-refractivity contribution in [2.75, 3.05) is 13.1 Å². The molecular weight excluding hydrogens is 298 g/mol. The highest BCUT2D eigenvalue weighted by Gasteiger charge is 2.13. The van der Waals surface area contributed by atoms with Gasteiger partial charge in [-0.2, -0.15) is 0 Å². The minimum Gasteiger partial charge on any atom is -0.389 e. The lowest BCUT2D eigenvalue weighted by Gasteiger charge is -2.27. The third-order valence-electron chi connectivity index (χ3n) is 4.37. The number of hydrogen-bond acceptors (Lipinski definition) is 3. The molecule has 24 heavy (non-hydrogen) atoms. The Balaban J connectivity index is 1.65. The van der Waals surface area contributed by atoms with Crippen LogP contribution in [0, 0.1) is 0 Å². The molecule has 126 valence electrons. The van der Waals surface area contributed by atoms with E-state index in [0.29, 0.717) is 12.4 Å². The minimum atomic E-state index is 0.426. The van der Waals surface area contributed by atoms with Gasteiger partial charge in [0.1, 0.15) is 6.61 Å². The number of hydrogen-bond donors (Lipinski definition) is 1. The number of piperidine rings is 1. The van der Waals surface area contributed by atoms with E-state index in [1.54, 1.807) is 0 Å². The van der Waals surface area contributed by atoms with E-state index in [1.165, 1.54) is 24.8 Å². The molecule has 0 bridgehead atoms. The predicted octanol–water partition coefficient (Wildman–Crippen LogP) is 3.51. The van der Waals surface area contributed by atoms with Gasteiger partial charge in [-0.25, -0.2) is 0 Å². The first-order chi connectivity index (χ1) is 11.8. The van der Waals surface area contributed by atoms with Crippen LogP contribution in [0.15, 0.2) is 59.8 Å². The van der Waals surface area contributed by atoms with Crippen LogP contribution in [0.3, 0.4) is 0 Å². The number of benzene rings is 2. The van der Waals surface area contributed by atoms with Crippen LogP contribution in [0.2, 0.25) is 0 Å². The summed E-state index contributed by atoms with van der Waals surface area (Å²) >= 11 is 0. The molecule has 0 aromatic heterocycles. The van der Waals surface area contributed by atoms with Crippen molar-refractivity contribution < 1.29 is 4.84 Å². The van der Waals surface area contributed by atoms with E-state index in [-0.39, 0.29) is 0 Å². The lowest BCUT2D eigenvalue weighted by atomic mass is 10.0. The summed E-state index contributed by atoms with van der Waals surface area (Å²) in [6, 6.07) is 18.2. The first kappa shape index (κ1) is 16.5. The summed E-state index contributed by atoms with van der Waals surface area (Å²) < 4.78 is 0. The van der Waals surface area contributed by atoms with Gasteiger partial charge >= 0.3 is 0 Å². The highest BCUT2D eigenvalue weighted by molar-refractivity contribution is 5.98. The molecule has 0 aliphatic carbocycles. The molecule has 0 amide bonds. The van der Waals surface area contributed by atoms with Crippen molar-refractivity contribution in [2.24, 2.45) is 10.9 Å². The summed E-state index contributed by atoms with van der Waals surface area (Å²) in [5.74, 6) is 0.443. The molecular formula is C20H25N3O. The van der Waals surface area contributed by atoms with Crippen LogP contribution in [0.5, 0.6) is 0 Å². The Morgan fingerprint density at radius 1 is 0.958 bits per heavy atom. The summed E-state index contributed by atoms with van der Waals surface area (Å²) in [6.45, 7) is 3.67. The Labute approximate surface area is 143 Å². The van der Waals surface area contributed by atoms with E-state index in [0.717, 1.165) is 30.8 Å². The van der Waals surface area contributed by atoms with E-state index in [1.807, 2.05) is 42.5 Å².